The van der Waals surface area contributed by atoms with E-state index in [9.17, 15) is 8.78 Å². The van der Waals surface area contributed by atoms with Crippen LogP contribution in [0, 0.1) is 0 Å². The van der Waals surface area contributed by atoms with E-state index in [2.05, 4.69) is 4.98 Å². The van der Waals surface area contributed by atoms with E-state index in [1.165, 1.54) is 12.5 Å². The summed E-state index contributed by atoms with van der Waals surface area (Å²) in [6.45, 7) is 0. The number of hydrogen-bond donors (Lipinski definition) is 1. The Balaban J connectivity index is 2.22. The largest absolute Gasteiger partial charge is 0.381 e. The lowest BCUT2D eigenvalue weighted by atomic mass is 10.3. The molecule has 0 saturated heterocycles. The number of aliphatic hydroxyl groups excluding tert-OH is 1. The van der Waals surface area contributed by atoms with Crippen molar-refractivity contribution in [1.29, 1.82) is 0 Å². The van der Waals surface area contributed by atoms with Gasteiger partial charge in [0.2, 0.25) is 0 Å². The zero-order valence-electron chi connectivity index (χ0n) is 6.90. The first-order chi connectivity index (χ1) is 6.20. The van der Waals surface area contributed by atoms with Crippen molar-refractivity contribution in [2.75, 3.05) is 0 Å². The minimum absolute atomic E-state index is 0.220. The van der Waals surface area contributed by atoms with Crippen LogP contribution < -0.4 is 0 Å². The molecule has 0 aromatic carbocycles. The maximum Gasteiger partial charge on any atom is 0.269 e. The molecule has 0 bridgehead atoms. The van der Waals surface area contributed by atoms with Crippen LogP contribution in [0.4, 0.5) is 8.78 Å². The van der Waals surface area contributed by atoms with Crippen molar-refractivity contribution < 1.29 is 13.9 Å². The van der Waals surface area contributed by atoms with Crippen LogP contribution in [0.3, 0.4) is 0 Å². The summed E-state index contributed by atoms with van der Waals surface area (Å²) in [5, 5.41) is 9.13. The Morgan fingerprint density at radius 1 is 1.54 bits per heavy atom. The van der Waals surface area contributed by atoms with Crippen molar-refractivity contribution in [3.8, 4) is 0 Å². The molecule has 1 heterocycles. The fourth-order valence-corrected chi connectivity index (χ4v) is 1.33. The van der Waals surface area contributed by atoms with Crippen LogP contribution in [0.1, 0.15) is 30.7 Å². The predicted molar refractivity (Wildman–Crippen MR) is 41.5 cm³/mol. The highest BCUT2D eigenvalue weighted by Gasteiger charge is 2.30. The minimum atomic E-state index is -2.74. The maximum atomic E-state index is 12.2. The zero-order valence-corrected chi connectivity index (χ0v) is 6.90. The quantitative estimate of drug-likeness (QED) is 0.780. The second-order valence-corrected chi connectivity index (χ2v) is 3.24. The molecule has 1 atom stereocenters. The molecule has 3 nitrogen and oxygen atoms in total. The Hall–Kier alpha value is -0.970. The third-order valence-electron chi connectivity index (χ3n) is 2.18. The van der Waals surface area contributed by atoms with Crippen LogP contribution >= 0.6 is 0 Å². The smallest absolute Gasteiger partial charge is 0.269 e. The zero-order chi connectivity index (χ0) is 9.42. The fraction of sp³-hybridized carbons (Fsp3) is 0.625. The average molecular weight is 188 g/mol. The summed E-state index contributed by atoms with van der Waals surface area (Å²) in [6, 6.07) is 0.269. The maximum absolute atomic E-state index is 12.2. The van der Waals surface area contributed by atoms with E-state index >= 15 is 0 Å². The van der Waals surface area contributed by atoms with E-state index in [1.807, 2.05) is 0 Å². The highest BCUT2D eigenvalue weighted by molar-refractivity contribution is 5.07. The van der Waals surface area contributed by atoms with Gasteiger partial charge in [-0.3, -0.25) is 0 Å². The van der Waals surface area contributed by atoms with Gasteiger partial charge in [-0.05, 0) is 12.8 Å². The molecule has 5 heteroatoms. The Kier molecular flexibility index (Phi) is 2.03. The molecular formula is C8H10F2N2O. The Labute approximate surface area is 74.0 Å². The molecule has 0 radical (unpaired) electrons. The average Bonchev–Trinajstić information content (AvgIpc) is 2.83. The third kappa shape index (κ3) is 1.56. The lowest BCUT2D eigenvalue weighted by Gasteiger charge is -2.11. The molecule has 1 aromatic heterocycles. The van der Waals surface area contributed by atoms with Gasteiger partial charge in [-0.2, -0.15) is 0 Å². The van der Waals surface area contributed by atoms with Gasteiger partial charge in [-0.25, -0.2) is 13.8 Å². The molecule has 0 amide bonds. The van der Waals surface area contributed by atoms with Crippen molar-refractivity contribution in [3.05, 3.63) is 18.2 Å². The molecule has 1 aliphatic carbocycles. The van der Waals surface area contributed by atoms with E-state index in [0.29, 0.717) is 0 Å². The van der Waals surface area contributed by atoms with Gasteiger partial charge in [-0.15, -0.1) is 0 Å². The lowest BCUT2D eigenvalue weighted by Crippen LogP contribution is -2.12. The predicted octanol–water partition coefficient (Wildman–Crippen LogP) is 1.52. The van der Waals surface area contributed by atoms with Crippen LogP contribution in [0.2, 0.25) is 0 Å². The number of halogens is 2. The summed E-state index contributed by atoms with van der Waals surface area (Å²) in [5.74, 6) is 0. The van der Waals surface area contributed by atoms with E-state index in [4.69, 9.17) is 5.11 Å². The summed E-state index contributed by atoms with van der Waals surface area (Å²) in [6.07, 6.45) is 0.323. The standard InChI is InChI=1S/C8H10F2N2O/c9-8(10)7(13)6-3-11-4-12(6)5-1-2-5/h3-5,7-8,13H,1-2H2. The summed E-state index contributed by atoms with van der Waals surface area (Å²) in [4.78, 5) is 3.76. The summed E-state index contributed by atoms with van der Waals surface area (Å²) >= 11 is 0. The Morgan fingerprint density at radius 2 is 2.23 bits per heavy atom. The fourth-order valence-electron chi connectivity index (χ4n) is 1.33. The van der Waals surface area contributed by atoms with Crippen LogP contribution in [-0.2, 0) is 0 Å². The van der Waals surface area contributed by atoms with Gasteiger partial charge >= 0.3 is 0 Å². The van der Waals surface area contributed by atoms with Gasteiger partial charge in [0.15, 0.2) is 6.10 Å². The number of alkyl halides is 2. The van der Waals surface area contributed by atoms with E-state index in [1.54, 1.807) is 4.57 Å². The van der Waals surface area contributed by atoms with Crippen molar-refractivity contribution in [1.82, 2.24) is 9.55 Å². The number of aliphatic hydroxyl groups is 1. The topological polar surface area (TPSA) is 38.1 Å². The first-order valence-electron chi connectivity index (χ1n) is 4.18. The van der Waals surface area contributed by atoms with E-state index in [-0.39, 0.29) is 11.7 Å². The first-order valence-corrected chi connectivity index (χ1v) is 4.18. The molecule has 13 heavy (non-hydrogen) atoms. The number of nitrogens with zero attached hydrogens (tertiary/aromatic N) is 2. The summed E-state index contributed by atoms with van der Waals surface area (Å²) < 4.78 is 26.0. The minimum Gasteiger partial charge on any atom is -0.381 e. The van der Waals surface area contributed by atoms with Crippen molar-refractivity contribution >= 4 is 0 Å². The van der Waals surface area contributed by atoms with Crippen LogP contribution in [-0.4, -0.2) is 21.1 Å². The second kappa shape index (κ2) is 3.06. The van der Waals surface area contributed by atoms with Gasteiger partial charge in [0, 0.05) is 6.04 Å². The number of rotatable bonds is 3. The van der Waals surface area contributed by atoms with Gasteiger partial charge < -0.3 is 9.67 Å². The van der Waals surface area contributed by atoms with Crippen molar-refractivity contribution in [2.45, 2.75) is 31.4 Å². The molecule has 72 valence electrons. The summed E-state index contributed by atoms with van der Waals surface area (Å²) in [5.41, 5.74) is 0.220. The van der Waals surface area contributed by atoms with Gasteiger partial charge in [0.25, 0.3) is 6.43 Å². The first kappa shape index (κ1) is 8.62. The van der Waals surface area contributed by atoms with Crippen molar-refractivity contribution in [2.24, 2.45) is 0 Å². The van der Waals surface area contributed by atoms with Crippen LogP contribution in [0.15, 0.2) is 12.5 Å². The molecule has 1 aliphatic rings. The molecule has 1 saturated carbocycles. The normalized spacial score (nSPS) is 19.4. The molecule has 0 aliphatic heterocycles. The molecule has 2 rings (SSSR count). The molecule has 1 unspecified atom stereocenters. The van der Waals surface area contributed by atoms with Crippen LogP contribution in [0.25, 0.3) is 0 Å². The summed E-state index contributed by atoms with van der Waals surface area (Å²) in [7, 11) is 0. The molecule has 0 spiro atoms. The SMILES string of the molecule is OC(c1cncn1C1CC1)C(F)F. The van der Waals surface area contributed by atoms with Crippen LogP contribution in [0.5, 0.6) is 0 Å². The Bertz CT molecular complexity index is 296. The van der Waals surface area contributed by atoms with Gasteiger partial charge in [-0.1, -0.05) is 0 Å². The lowest BCUT2D eigenvalue weighted by molar-refractivity contribution is -0.0102. The van der Waals surface area contributed by atoms with Crippen molar-refractivity contribution in [3.63, 3.8) is 0 Å². The molecule has 1 fully saturated rings. The molecule has 1 aromatic rings. The molecular weight excluding hydrogens is 178 g/mol. The highest BCUT2D eigenvalue weighted by Crippen LogP contribution is 2.37. The number of hydrogen-bond acceptors (Lipinski definition) is 2. The monoisotopic (exact) mass is 188 g/mol. The molecule has 1 N–H and O–H groups in total. The number of imidazole rings is 1. The second-order valence-electron chi connectivity index (χ2n) is 3.24. The van der Waals surface area contributed by atoms with Gasteiger partial charge in [0.05, 0.1) is 18.2 Å². The van der Waals surface area contributed by atoms with Gasteiger partial charge in [0.1, 0.15) is 0 Å². The highest BCUT2D eigenvalue weighted by atomic mass is 19.3. The third-order valence-corrected chi connectivity index (χ3v) is 2.18. The Morgan fingerprint density at radius 3 is 2.77 bits per heavy atom. The van der Waals surface area contributed by atoms with E-state index < -0.39 is 12.5 Å². The number of aromatic nitrogens is 2. The van der Waals surface area contributed by atoms with E-state index in [0.717, 1.165) is 12.8 Å².